The summed E-state index contributed by atoms with van der Waals surface area (Å²) in [5, 5.41) is 7.25. The van der Waals surface area contributed by atoms with Crippen LogP contribution in [0, 0.1) is 25.7 Å². The van der Waals surface area contributed by atoms with Crippen molar-refractivity contribution in [2.75, 3.05) is 13.7 Å². The predicted octanol–water partition coefficient (Wildman–Crippen LogP) is 4.34. The second kappa shape index (κ2) is 9.90. The lowest BCUT2D eigenvalue weighted by Crippen LogP contribution is -2.38. The first-order valence-corrected chi connectivity index (χ1v) is 11.6. The van der Waals surface area contributed by atoms with Gasteiger partial charge in [-0.25, -0.2) is 9.97 Å². The Labute approximate surface area is 184 Å². The van der Waals surface area contributed by atoms with Crippen LogP contribution in [-0.2, 0) is 9.53 Å². The van der Waals surface area contributed by atoms with Crippen LogP contribution in [0.15, 0.2) is 16.8 Å². The summed E-state index contributed by atoms with van der Waals surface area (Å²) in [6.45, 7) is 4.63. The van der Waals surface area contributed by atoms with Gasteiger partial charge in [-0.05, 0) is 64.7 Å². The van der Waals surface area contributed by atoms with Crippen molar-refractivity contribution < 1.29 is 14.1 Å². The maximum atomic E-state index is 12.6. The SMILES string of the molecule is CO[C@@H]1CCC[C@@H](C(=O)NCC2CCC(c3nc(C)ncc3-c3cc(C)no3)CC2)C1. The Hall–Kier alpha value is -2.28. The first-order valence-electron chi connectivity index (χ1n) is 11.6. The van der Waals surface area contributed by atoms with Gasteiger partial charge < -0.3 is 14.6 Å². The van der Waals surface area contributed by atoms with Crippen LogP contribution < -0.4 is 5.32 Å². The van der Waals surface area contributed by atoms with E-state index >= 15 is 0 Å². The van der Waals surface area contributed by atoms with E-state index in [-0.39, 0.29) is 17.9 Å². The largest absolute Gasteiger partial charge is 0.381 e. The number of carbonyl (C=O) groups excluding carboxylic acids is 1. The number of hydrogen-bond donors (Lipinski definition) is 1. The molecule has 7 heteroatoms. The van der Waals surface area contributed by atoms with Crippen molar-refractivity contribution in [3.8, 4) is 11.3 Å². The molecule has 168 valence electrons. The number of methoxy groups -OCH3 is 1. The molecule has 2 fully saturated rings. The second-order valence-electron chi connectivity index (χ2n) is 9.23. The summed E-state index contributed by atoms with van der Waals surface area (Å²) in [6, 6.07) is 1.94. The van der Waals surface area contributed by atoms with Crippen LogP contribution in [0.4, 0.5) is 0 Å². The molecule has 0 aliphatic heterocycles. The van der Waals surface area contributed by atoms with Crippen LogP contribution in [0.25, 0.3) is 11.3 Å². The van der Waals surface area contributed by atoms with Gasteiger partial charge in [-0.3, -0.25) is 4.79 Å². The minimum atomic E-state index is 0.104. The Morgan fingerprint density at radius 1 is 1.19 bits per heavy atom. The third-order valence-corrected chi connectivity index (χ3v) is 6.96. The summed E-state index contributed by atoms with van der Waals surface area (Å²) in [5.41, 5.74) is 2.88. The van der Waals surface area contributed by atoms with E-state index < -0.39 is 0 Å². The van der Waals surface area contributed by atoms with Crippen LogP contribution >= 0.6 is 0 Å². The van der Waals surface area contributed by atoms with E-state index in [1.54, 1.807) is 7.11 Å². The molecule has 0 spiro atoms. The molecule has 0 aromatic carbocycles. The molecule has 7 nitrogen and oxygen atoms in total. The van der Waals surface area contributed by atoms with Gasteiger partial charge in [-0.2, -0.15) is 0 Å². The van der Waals surface area contributed by atoms with Gasteiger partial charge in [0.25, 0.3) is 0 Å². The van der Waals surface area contributed by atoms with Gasteiger partial charge in [-0.15, -0.1) is 0 Å². The second-order valence-corrected chi connectivity index (χ2v) is 9.23. The summed E-state index contributed by atoms with van der Waals surface area (Å²) < 4.78 is 11.0. The van der Waals surface area contributed by atoms with E-state index in [2.05, 4.69) is 15.5 Å². The van der Waals surface area contributed by atoms with Crippen molar-refractivity contribution in [3.63, 3.8) is 0 Å². The Kier molecular flexibility index (Phi) is 7.00. The third-order valence-electron chi connectivity index (χ3n) is 6.96. The number of nitrogens with zero attached hydrogens (tertiary/aromatic N) is 3. The minimum absolute atomic E-state index is 0.104. The zero-order chi connectivity index (χ0) is 21.8. The van der Waals surface area contributed by atoms with Gasteiger partial charge in [0.1, 0.15) is 5.82 Å². The molecule has 31 heavy (non-hydrogen) atoms. The average molecular weight is 427 g/mol. The van der Waals surface area contributed by atoms with Crippen molar-refractivity contribution in [2.45, 2.75) is 77.2 Å². The summed E-state index contributed by atoms with van der Waals surface area (Å²) in [7, 11) is 1.75. The maximum Gasteiger partial charge on any atom is 0.223 e. The van der Waals surface area contributed by atoms with Crippen LogP contribution in [0.1, 0.15) is 74.5 Å². The summed E-state index contributed by atoms with van der Waals surface area (Å²) >= 11 is 0. The van der Waals surface area contributed by atoms with Crippen LogP contribution in [0.3, 0.4) is 0 Å². The van der Waals surface area contributed by atoms with Crippen molar-refractivity contribution in [1.29, 1.82) is 0 Å². The van der Waals surface area contributed by atoms with Crippen molar-refractivity contribution in [2.24, 2.45) is 11.8 Å². The zero-order valence-corrected chi connectivity index (χ0v) is 18.9. The number of aromatic nitrogens is 3. The molecule has 1 N–H and O–H groups in total. The molecule has 1 amide bonds. The topological polar surface area (TPSA) is 90.1 Å². The van der Waals surface area contributed by atoms with Crippen LogP contribution in [-0.4, -0.2) is 40.8 Å². The third kappa shape index (κ3) is 5.32. The molecule has 2 atom stereocenters. The van der Waals surface area contributed by atoms with Gasteiger partial charge in [0.05, 0.1) is 23.1 Å². The lowest BCUT2D eigenvalue weighted by Gasteiger charge is -2.31. The Morgan fingerprint density at radius 2 is 2.00 bits per heavy atom. The molecule has 0 saturated heterocycles. The Balaban J connectivity index is 1.32. The highest BCUT2D eigenvalue weighted by Gasteiger charge is 2.30. The standard InChI is InChI=1S/C24H34N4O3/c1-15-11-22(31-28-15)21-14-25-16(2)27-23(21)18-9-7-17(8-10-18)13-26-24(29)19-5-4-6-20(12-19)30-3/h11,14,17-20H,4-10,12-13H2,1-3H3,(H,26,29)/t17?,18?,19-,20-/m1/s1. The molecule has 2 aliphatic carbocycles. The molecule has 2 aliphatic rings. The first kappa shape index (κ1) is 21.9. The zero-order valence-electron chi connectivity index (χ0n) is 18.9. The molecular weight excluding hydrogens is 392 g/mol. The monoisotopic (exact) mass is 426 g/mol. The average Bonchev–Trinajstić information content (AvgIpc) is 3.23. The highest BCUT2D eigenvalue weighted by atomic mass is 16.5. The van der Waals surface area contributed by atoms with E-state index in [1.165, 1.54) is 0 Å². The molecule has 0 unspecified atom stereocenters. The van der Waals surface area contributed by atoms with E-state index in [0.29, 0.717) is 11.8 Å². The fourth-order valence-electron chi connectivity index (χ4n) is 5.11. The summed E-state index contributed by atoms with van der Waals surface area (Å²) in [6.07, 6.45) is 10.4. The number of ether oxygens (including phenoxy) is 1. The van der Waals surface area contributed by atoms with E-state index in [9.17, 15) is 4.79 Å². The quantitative estimate of drug-likeness (QED) is 0.739. The number of amides is 1. The minimum Gasteiger partial charge on any atom is -0.381 e. The van der Waals surface area contributed by atoms with Gasteiger partial charge in [0, 0.05) is 37.8 Å². The fraction of sp³-hybridized carbons (Fsp3) is 0.667. The van der Waals surface area contributed by atoms with Crippen molar-refractivity contribution in [3.05, 3.63) is 29.5 Å². The molecule has 0 bridgehead atoms. The maximum absolute atomic E-state index is 12.6. The molecule has 2 aromatic heterocycles. The number of nitrogens with one attached hydrogen (secondary N) is 1. The van der Waals surface area contributed by atoms with E-state index in [4.69, 9.17) is 14.2 Å². The molecule has 2 saturated carbocycles. The van der Waals surface area contributed by atoms with Crippen molar-refractivity contribution >= 4 is 5.91 Å². The van der Waals surface area contributed by atoms with Crippen molar-refractivity contribution in [1.82, 2.24) is 20.4 Å². The highest BCUT2D eigenvalue weighted by Crippen LogP contribution is 2.39. The fourth-order valence-corrected chi connectivity index (χ4v) is 5.11. The number of rotatable bonds is 6. The molecule has 2 heterocycles. The van der Waals surface area contributed by atoms with E-state index in [1.807, 2.05) is 26.1 Å². The molecular formula is C24H34N4O3. The van der Waals surface area contributed by atoms with Crippen LogP contribution in [0.2, 0.25) is 0 Å². The smallest absolute Gasteiger partial charge is 0.223 e. The van der Waals surface area contributed by atoms with Gasteiger partial charge in [0.15, 0.2) is 5.76 Å². The lowest BCUT2D eigenvalue weighted by molar-refractivity contribution is -0.127. The normalized spacial score (nSPS) is 26.5. The molecule has 2 aromatic rings. The van der Waals surface area contributed by atoms with Gasteiger partial charge in [-0.1, -0.05) is 11.6 Å². The molecule has 4 rings (SSSR count). The Morgan fingerprint density at radius 3 is 2.71 bits per heavy atom. The van der Waals surface area contributed by atoms with Gasteiger partial charge in [0.2, 0.25) is 5.91 Å². The molecule has 0 radical (unpaired) electrons. The Bertz CT molecular complexity index is 889. The number of carbonyl (C=O) groups is 1. The number of aryl methyl sites for hydroxylation is 2. The lowest BCUT2D eigenvalue weighted by atomic mass is 9.79. The first-order chi connectivity index (χ1) is 15.0. The van der Waals surface area contributed by atoms with Crippen LogP contribution in [0.5, 0.6) is 0 Å². The van der Waals surface area contributed by atoms with Gasteiger partial charge >= 0.3 is 0 Å². The highest BCUT2D eigenvalue weighted by molar-refractivity contribution is 5.78. The number of hydrogen-bond acceptors (Lipinski definition) is 6. The summed E-state index contributed by atoms with van der Waals surface area (Å²) in [5.74, 6) is 2.75. The van der Waals surface area contributed by atoms with E-state index in [0.717, 1.165) is 86.4 Å². The predicted molar refractivity (Wildman–Crippen MR) is 117 cm³/mol. The summed E-state index contributed by atoms with van der Waals surface area (Å²) in [4.78, 5) is 21.8.